The summed E-state index contributed by atoms with van der Waals surface area (Å²) in [6.45, 7) is 4.42. The molecule has 0 aromatic rings. The number of unbranched alkanes of at least 4 members (excludes halogenated alkanes) is 4. The Hall–Kier alpha value is -0.0400. The highest BCUT2D eigenvalue weighted by Crippen LogP contribution is 2.49. The summed E-state index contributed by atoms with van der Waals surface area (Å²) in [6, 6.07) is 0. The first-order chi connectivity index (χ1) is 6.23. The molecule has 1 aliphatic rings. The lowest BCUT2D eigenvalue weighted by molar-refractivity contribution is 0.117. The maximum atomic E-state index is 9.95. The van der Waals surface area contributed by atoms with Crippen molar-refractivity contribution >= 4 is 0 Å². The molecule has 1 rings (SSSR count). The quantitative estimate of drug-likeness (QED) is 0.600. The first kappa shape index (κ1) is 11.0. The smallest absolute Gasteiger partial charge is 0.0680 e. The van der Waals surface area contributed by atoms with Crippen LogP contribution in [0, 0.1) is 5.92 Å². The minimum Gasteiger partial charge on any atom is -0.390 e. The minimum atomic E-state index is -0.235. The zero-order valence-corrected chi connectivity index (χ0v) is 9.18. The minimum absolute atomic E-state index is 0.235. The average Bonchev–Trinajstić information content (AvgIpc) is 2.77. The Morgan fingerprint density at radius 1 is 1.15 bits per heavy atom. The Morgan fingerprint density at radius 2 is 1.85 bits per heavy atom. The molecular formula is C12H24O. The third-order valence-corrected chi connectivity index (χ3v) is 3.41. The molecule has 0 aromatic carbocycles. The van der Waals surface area contributed by atoms with Crippen molar-refractivity contribution in [2.24, 2.45) is 5.92 Å². The van der Waals surface area contributed by atoms with E-state index in [2.05, 4.69) is 13.8 Å². The fraction of sp³-hybridized carbons (Fsp3) is 1.00. The molecule has 0 saturated heterocycles. The maximum Gasteiger partial charge on any atom is 0.0680 e. The van der Waals surface area contributed by atoms with Crippen LogP contribution in [0.15, 0.2) is 0 Å². The van der Waals surface area contributed by atoms with Crippen molar-refractivity contribution in [3.05, 3.63) is 0 Å². The second-order valence-corrected chi connectivity index (χ2v) is 4.58. The van der Waals surface area contributed by atoms with Crippen molar-refractivity contribution in [3.63, 3.8) is 0 Å². The van der Waals surface area contributed by atoms with Gasteiger partial charge in [0.1, 0.15) is 0 Å². The lowest BCUT2D eigenvalue weighted by atomic mass is 10.0. The molecule has 0 amide bonds. The van der Waals surface area contributed by atoms with Crippen molar-refractivity contribution in [3.8, 4) is 0 Å². The Morgan fingerprint density at radius 3 is 2.38 bits per heavy atom. The SMILES string of the molecule is CCCCCCCC1(O)CC1CC. The van der Waals surface area contributed by atoms with Crippen LogP contribution in [0.2, 0.25) is 0 Å². The molecule has 2 atom stereocenters. The number of rotatable bonds is 7. The molecule has 78 valence electrons. The molecule has 13 heavy (non-hydrogen) atoms. The van der Waals surface area contributed by atoms with Crippen LogP contribution in [-0.2, 0) is 0 Å². The Kier molecular flexibility index (Phi) is 4.24. The van der Waals surface area contributed by atoms with E-state index >= 15 is 0 Å². The van der Waals surface area contributed by atoms with E-state index in [1.807, 2.05) is 0 Å². The van der Waals surface area contributed by atoms with E-state index < -0.39 is 0 Å². The van der Waals surface area contributed by atoms with E-state index in [9.17, 15) is 5.11 Å². The second kappa shape index (κ2) is 4.99. The zero-order valence-electron chi connectivity index (χ0n) is 9.18. The molecular weight excluding hydrogens is 160 g/mol. The number of hydrogen-bond acceptors (Lipinski definition) is 1. The summed E-state index contributed by atoms with van der Waals surface area (Å²) < 4.78 is 0. The van der Waals surface area contributed by atoms with Crippen molar-refractivity contribution in [2.75, 3.05) is 0 Å². The van der Waals surface area contributed by atoms with Gasteiger partial charge in [0.15, 0.2) is 0 Å². The van der Waals surface area contributed by atoms with Crippen molar-refractivity contribution < 1.29 is 5.11 Å². The van der Waals surface area contributed by atoms with Gasteiger partial charge in [0.25, 0.3) is 0 Å². The van der Waals surface area contributed by atoms with E-state index in [1.54, 1.807) is 0 Å². The second-order valence-electron chi connectivity index (χ2n) is 4.58. The van der Waals surface area contributed by atoms with E-state index in [0.29, 0.717) is 5.92 Å². The molecule has 0 radical (unpaired) electrons. The molecule has 0 aromatic heterocycles. The van der Waals surface area contributed by atoms with Crippen molar-refractivity contribution in [2.45, 2.75) is 70.8 Å². The van der Waals surface area contributed by atoms with Crippen LogP contribution in [-0.4, -0.2) is 10.7 Å². The van der Waals surface area contributed by atoms with E-state index in [1.165, 1.54) is 32.1 Å². The summed E-state index contributed by atoms with van der Waals surface area (Å²) in [6.07, 6.45) is 9.83. The molecule has 0 spiro atoms. The molecule has 1 N–H and O–H groups in total. The topological polar surface area (TPSA) is 20.2 Å². The fourth-order valence-corrected chi connectivity index (χ4v) is 2.23. The zero-order chi connectivity index (χ0) is 9.73. The molecule has 1 aliphatic carbocycles. The molecule has 1 saturated carbocycles. The lowest BCUT2D eigenvalue weighted by Crippen LogP contribution is -2.10. The molecule has 0 bridgehead atoms. The van der Waals surface area contributed by atoms with Crippen LogP contribution in [0.3, 0.4) is 0 Å². The molecule has 1 fully saturated rings. The van der Waals surface area contributed by atoms with E-state index in [0.717, 1.165) is 19.3 Å². The average molecular weight is 184 g/mol. The Bertz CT molecular complexity index is 144. The largest absolute Gasteiger partial charge is 0.390 e. The standard InChI is InChI=1S/C12H24O/c1-3-5-6-7-8-9-12(13)10-11(12)4-2/h11,13H,3-10H2,1-2H3. The molecule has 1 nitrogen and oxygen atoms in total. The molecule has 1 heteroatoms. The first-order valence-electron chi connectivity index (χ1n) is 5.95. The summed E-state index contributed by atoms with van der Waals surface area (Å²) in [4.78, 5) is 0. The normalized spacial score (nSPS) is 32.1. The lowest BCUT2D eigenvalue weighted by Gasteiger charge is -2.08. The van der Waals surface area contributed by atoms with Gasteiger partial charge >= 0.3 is 0 Å². The highest BCUT2D eigenvalue weighted by molar-refractivity contribution is 5.02. The summed E-state index contributed by atoms with van der Waals surface area (Å²) in [7, 11) is 0. The Balaban J connectivity index is 1.95. The van der Waals surface area contributed by atoms with Gasteiger partial charge in [-0.2, -0.15) is 0 Å². The summed E-state index contributed by atoms with van der Waals surface area (Å²) >= 11 is 0. The van der Waals surface area contributed by atoms with Gasteiger partial charge in [0, 0.05) is 0 Å². The van der Waals surface area contributed by atoms with Gasteiger partial charge in [-0.25, -0.2) is 0 Å². The third-order valence-electron chi connectivity index (χ3n) is 3.41. The summed E-state index contributed by atoms with van der Waals surface area (Å²) in [5.74, 6) is 0.624. The summed E-state index contributed by atoms with van der Waals surface area (Å²) in [5, 5.41) is 9.95. The van der Waals surface area contributed by atoms with Gasteiger partial charge in [0.2, 0.25) is 0 Å². The van der Waals surface area contributed by atoms with E-state index in [-0.39, 0.29) is 5.60 Å². The van der Waals surface area contributed by atoms with E-state index in [4.69, 9.17) is 0 Å². The van der Waals surface area contributed by atoms with Gasteiger partial charge in [-0.05, 0) is 18.8 Å². The van der Waals surface area contributed by atoms with Gasteiger partial charge in [0.05, 0.1) is 5.60 Å². The van der Waals surface area contributed by atoms with Gasteiger partial charge < -0.3 is 5.11 Å². The van der Waals surface area contributed by atoms with Crippen LogP contribution < -0.4 is 0 Å². The maximum absolute atomic E-state index is 9.95. The number of hydrogen-bond donors (Lipinski definition) is 1. The monoisotopic (exact) mass is 184 g/mol. The van der Waals surface area contributed by atoms with Crippen LogP contribution in [0.5, 0.6) is 0 Å². The first-order valence-corrected chi connectivity index (χ1v) is 5.95. The van der Waals surface area contributed by atoms with Gasteiger partial charge in [-0.1, -0.05) is 52.4 Å². The molecule has 0 aliphatic heterocycles. The highest BCUT2D eigenvalue weighted by atomic mass is 16.3. The third kappa shape index (κ3) is 3.30. The van der Waals surface area contributed by atoms with Crippen LogP contribution in [0.1, 0.15) is 65.2 Å². The predicted octanol–water partition coefficient (Wildman–Crippen LogP) is 3.51. The van der Waals surface area contributed by atoms with Crippen molar-refractivity contribution in [1.82, 2.24) is 0 Å². The van der Waals surface area contributed by atoms with Crippen LogP contribution in [0.4, 0.5) is 0 Å². The fourth-order valence-electron chi connectivity index (χ4n) is 2.23. The van der Waals surface area contributed by atoms with Crippen LogP contribution in [0.25, 0.3) is 0 Å². The molecule has 2 unspecified atom stereocenters. The Labute approximate surface area is 82.5 Å². The molecule has 0 heterocycles. The predicted molar refractivity (Wildman–Crippen MR) is 56.7 cm³/mol. The van der Waals surface area contributed by atoms with Gasteiger partial charge in [-0.3, -0.25) is 0 Å². The van der Waals surface area contributed by atoms with Crippen LogP contribution >= 0.6 is 0 Å². The van der Waals surface area contributed by atoms with Crippen molar-refractivity contribution in [1.29, 1.82) is 0 Å². The summed E-state index contributed by atoms with van der Waals surface area (Å²) in [5.41, 5.74) is -0.235. The highest BCUT2D eigenvalue weighted by Gasteiger charge is 2.50. The van der Waals surface area contributed by atoms with Gasteiger partial charge in [-0.15, -0.1) is 0 Å². The number of aliphatic hydroxyl groups is 1.